The molecule has 0 aromatic rings. The Morgan fingerprint density at radius 2 is 1.94 bits per heavy atom. The van der Waals surface area contributed by atoms with Crippen molar-refractivity contribution in [3.63, 3.8) is 0 Å². The molecule has 2 atom stereocenters. The maximum absolute atomic E-state index is 6.10. The van der Waals surface area contributed by atoms with Crippen molar-refractivity contribution < 1.29 is 0 Å². The van der Waals surface area contributed by atoms with Crippen molar-refractivity contribution in [2.75, 3.05) is 26.7 Å². The molecule has 0 saturated carbocycles. The molecule has 0 spiro atoms. The van der Waals surface area contributed by atoms with Crippen LogP contribution < -0.4 is 5.73 Å². The average molecular weight is 241 g/mol. The molecule has 2 unspecified atom stereocenters. The Balaban J connectivity index is 2.27. The van der Waals surface area contributed by atoms with E-state index >= 15 is 0 Å². The van der Waals surface area contributed by atoms with Crippen LogP contribution in [-0.4, -0.2) is 54.6 Å². The molecule has 0 radical (unpaired) electrons. The summed E-state index contributed by atoms with van der Waals surface area (Å²) in [7, 11) is 2.25. The first-order chi connectivity index (χ1) is 7.91. The number of rotatable bonds is 6. The zero-order valence-electron chi connectivity index (χ0n) is 12.3. The van der Waals surface area contributed by atoms with Gasteiger partial charge in [0.15, 0.2) is 0 Å². The Bertz CT molecular complexity index is 216. The largest absolute Gasteiger partial charge is 0.327 e. The van der Waals surface area contributed by atoms with E-state index in [9.17, 15) is 0 Å². The minimum atomic E-state index is 0.347. The Hall–Kier alpha value is -0.120. The zero-order chi connectivity index (χ0) is 13.0. The summed E-state index contributed by atoms with van der Waals surface area (Å²) in [4.78, 5) is 5.08. The molecule has 3 heteroatoms. The summed E-state index contributed by atoms with van der Waals surface area (Å²) in [6.45, 7) is 12.6. The van der Waals surface area contributed by atoms with Crippen LogP contribution in [0.4, 0.5) is 0 Å². The van der Waals surface area contributed by atoms with Crippen LogP contribution >= 0.6 is 0 Å². The van der Waals surface area contributed by atoms with Gasteiger partial charge in [0.1, 0.15) is 0 Å². The van der Waals surface area contributed by atoms with Gasteiger partial charge in [0.2, 0.25) is 0 Å². The van der Waals surface area contributed by atoms with Gasteiger partial charge in [-0.2, -0.15) is 0 Å². The van der Waals surface area contributed by atoms with Gasteiger partial charge in [0.05, 0.1) is 0 Å². The highest BCUT2D eigenvalue weighted by atomic mass is 15.2. The van der Waals surface area contributed by atoms with E-state index in [4.69, 9.17) is 5.73 Å². The van der Waals surface area contributed by atoms with E-state index in [0.717, 1.165) is 19.0 Å². The van der Waals surface area contributed by atoms with E-state index in [1.807, 2.05) is 0 Å². The predicted molar refractivity (Wildman–Crippen MR) is 75.2 cm³/mol. The minimum Gasteiger partial charge on any atom is -0.327 e. The van der Waals surface area contributed by atoms with Crippen LogP contribution in [-0.2, 0) is 0 Å². The number of hydrogen-bond donors (Lipinski definition) is 1. The number of likely N-dealkylation sites (tertiary alicyclic amines) is 1. The molecule has 1 aliphatic rings. The standard InChI is InChI=1S/C14H31N3/c1-11(2)14(15)7-8-16(5)13-6-9-17(10-13)12(3)4/h11-14H,6-10,15H2,1-5H3. The van der Waals surface area contributed by atoms with Crippen LogP contribution in [0.1, 0.15) is 40.5 Å². The molecule has 102 valence electrons. The van der Waals surface area contributed by atoms with E-state index in [-0.39, 0.29) is 0 Å². The van der Waals surface area contributed by atoms with Crippen LogP contribution in [0, 0.1) is 5.92 Å². The molecule has 0 bridgehead atoms. The van der Waals surface area contributed by atoms with E-state index in [0.29, 0.717) is 18.0 Å². The van der Waals surface area contributed by atoms with Crippen molar-refractivity contribution in [2.45, 2.75) is 58.7 Å². The van der Waals surface area contributed by atoms with E-state index in [1.54, 1.807) is 0 Å². The fourth-order valence-corrected chi connectivity index (χ4v) is 2.47. The second-order valence-electron chi connectivity index (χ2n) is 6.21. The molecule has 0 amide bonds. The van der Waals surface area contributed by atoms with Crippen molar-refractivity contribution in [2.24, 2.45) is 11.7 Å². The van der Waals surface area contributed by atoms with Crippen LogP contribution in [0.5, 0.6) is 0 Å². The summed E-state index contributed by atoms with van der Waals surface area (Å²) in [6.07, 6.45) is 2.43. The molecule has 17 heavy (non-hydrogen) atoms. The lowest BCUT2D eigenvalue weighted by Crippen LogP contribution is -2.39. The van der Waals surface area contributed by atoms with Crippen molar-refractivity contribution in [1.82, 2.24) is 9.80 Å². The zero-order valence-corrected chi connectivity index (χ0v) is 12.3. The van der Waals surface area contributed by atoms with Gasteiger partial charge in [-0.15, -0.1) is 0 Å². The summed E-state index contributed by atoms with van der Waals surface area (Å²) >= 11 is 0. The number of hydrogen-bond acceptors (Lipinski definition) is 3. The highest BCUT2D eigenvalue weighted by Gasteiger charge is 2.27. The predicted octanol–water partition coefficient (Wildman–Crippen LogP) is 1.77. The van der Waals surface area contributed by atoms with Crippen LogP contribution in [0.25, 0.3) is 0 Å². The summed E-state index contributed by atoms with van der Waals surface area (Å²) in [5, 5.41) is 0. The highest BCUT2D eigenvalue weighted by Crippen LogP contribution is 2.17. The monoisotopic (exact) mass is 241 g/mol. The second-order valence-corrected chi connectivity index (χ2v) is 6.21. The van der Waals surface area contributed by atoms with E-state index in [1.165, 1.54) is 19.5 Å². The van der Waals surface area contributed by atoms with Gasteiger partial charge in [0.25, 0.3) is 0 Å². The smallest absolute Gasteiger partial charge is 0.0232 e. The van der Waals surface area contributed by atoms with Gasteiger partial charge >= 0.3 is 0 Å². The molecule has 2 N–H and O–H groups in total. The molecule has 1 heterocycles. The van der Waals surface area contributed by atoms with E-state index < -0.39 is 0 Å². The Kier molecular flexibility index (Phi) is 5.90. The Morgan fingerprint density at radius 3 is 2.41 bits per heavy atom. The first-order valence-corrected chi connectivity index (χ1v) is 7.11. The minimum absolute atomic E-state index is 0.347. The van der Waals surface area contributed by atoms with Crippen molar-refractivity contribution in [3.8, 4) is 0 Å². The van der Waals surface area contributed by atoms with Gasteiger partial charge in [0, 0.05) is 31.2 Å². The lowest BCUT2D eigenvalue weighted by Gasteiger charge is -2.27. The third-order valence-corrected chi connectivity index (χ3v) is 4.22. The molecule has 0 aromatic heterocycles. The van der Waals surface area contributed by atoms with Gasteiger partial charge in [-0.05, 0) is 46.2 Å². The molecule has 0 aliphatic carbocycles. The lowest BCUT2D eigenvalue weighted by atomic mass is 10.0. The first-order valence-electron chi connectivity index (χ1n) is 7.11. The molecule has 1 rings (SSSR count). The van der Waals surface area contributed by atoms with Gasteiger partial charge in [-0.1, -0.05) is 13.8 Å². The van der Waals surface area contributed by atoms with Crippen molar-refractivity contribution in [1.29, 1.82) is 0 Å². The Labute approximate surface area is 107 Å². The van der Waals surface area contributed by atoms with Crippen molar-refractivity contribution >= 4 is 0 Å². The van der Waals surface area contributed by atoms with Gasteiger partial charge < -0.3 is 10.6 Å². The summed E-state index contributed by atoms with van der Waals surface area (Å²) in [5.41, 5.74) is 6.10. The van der Waals surface area contributed by atoms with Gasteiger partial charge in [-0.25, -0.2) is 0 Å². The second kappa shape index (κ2) is 6.72. The molecule has 3 nitrogen and oxygen atoms in total. The Morgan fingerprint density at radius 1 is 1.29 bits per heavy atom. The van der Waals surface area contributed by atoms with E-state index in [2.05, 4.69) is 44.5 Å². The summed E-state index contributed by atoms with van der Waals surface area (Å²) in [5.74, 6) is 0.596. The van der Waals surface area contributed by atoms with Crippen LogP contribution in [0.3, 0.4) is 0 Å². The number of nitrogens with two attached hydrogens (primary N) is 1. The topological polar surface area (TPSA) is 32.5 Å². The summed E-state index contributed by atoms with van der Waals surface area (Å²) < 4.78 is 0. The lowest BCUT2D eigenvalue weighted by molar-refractivity contribution is 0.206. The molecular formula is C14H31N3. The highest BCUT2D eigenvalue weighted by molar-refractivity contribution is 4.84. The molecule has 1 aliphatic heterocycles. The maximum atomic E-state index is 6.10. The van der Waals surface area contributed by atoms with Crippen LogP contribution in [0.2, 0.25) is 0 Å². The maximum Gasteiger partial charge on any atom is 0.0232 e. The fourth-order valence-electron chi connectivity index (χ4n) is 2.47. The number of nitrogens with zero attached hydrogens (tertiary/aromatic N) is 2. The summed E-state index contributed by atoms with van der Waals surface area (Å²) in [6, 6.07) is 1.77. The fraction of sp³-hybridized carbons (Fsp3) is 1.00. The molecule has 1 fully saturated rings. The van der Waals surface area contributed by atoms with Crippen molar-refractivity contribution in [3.05, 3.63) is 0 Å². The third-order valence-electron chi connectivity index (χ3n) is 4.22. The SMILES string of the molecule is CC(C)C(N)CCN(C)C1CCN(C(C)C)C1. The van der Waals surface area contributed by atoms with Crippen LogP contribution in [0.15, 0.2) is 0 Å². The normalized spacial score (nSPS) is 24.2. The molecule has 0 aromatic carbocycles. The number of likely N-dealkylation sites (N-methyl/N-ethyl adjacent to an activating group) is 1. The average Bonchev–Trinajstić information content (AvgIpc) is 2.74. The first kappa shape index (κ1) is 14.9. The van der Waals surface area contributed by atoms with Gasteiger partial charge in [-0.3, -0.25) is 4.90 Å². The molecule has 1 saturated heterocycles. The third kappa shape index (κ3) is 4.57. The quantitative estimate of drug-likeness (QED) is 0.769. The molecular weight excluding hydrogens is 210 g/mol.